The van der Waals surface area contributed by atoms with Crippen molar-refractivity contribution < 1.29 is 17.6 Å². The van der Waals surface area contributed by atoms with Gasteiger partial charge in [-0.2, -0.15) is 0 Å². The monoisotopic (exact) mass is 662 g/mol. The van der Waals surface area contributed by atoms with Gasteiger partial charge in [0.05, 0.1) is 0 Å². The Labute approximate surface area is 266 Å². The van der Waals surface area contributed by atoms with Crippen molar-refractivity contribution in [1.82, 2.24) is 0 Å². The van der Waals surface area contributed by atoms with Crippen LogP contribution in [0.4, 0.5) is 28.9 Å². The summed E-state index contributed by atoms with van der Waals surface area (Å²) in [6.45, 7) is 6.30. The van der Waals surface area contributed by atoms with Gasteiger partial charge in [-0.25, -0.2) is 17.6 Å². The normalized spacial score (nSPS) is 10.2. The summed E-state index contributed by atoms with van der Waals surface area (Å²) >= 11 is 3.40. The zero-order valence-corrected chi connectivity index (χ0v) is 26.6. The number of nitrogens with two attached hydrogens (primary N) is 2. The van der Waals surface area contributed by atoms with Crippen molar-refractivity contribution in [1.29, 1.82) is 0 Å². The van der Waals surface area contributed by atoms with Crippen molar-refractivity contribution in [3.8, 4) is 23.7 Å². The fourth-order valence-corrected chi connectivity index (χ4v) is 4.77. The minimum Gasteiger partial charge on any atom is -0.394 e. The van der Waals surface area contributed by atoms with Crippen LogP contribution in [0.1, 0.15) is 79.0 Å². The van der Waals surface area contributed by atoms with Gasteiger partial charge in [0.2, 0.25) is 0 Å². The second kappa shape index (κ2) is 16.6. The van der Waals surface area contributed by atoms with Crippen molar-refractivity contribution in [2.24, 2.45) is 0 Å². The second-order valence-corrected chi connectivity index (χ2v) is 11.1. The fraction of sp³-hybridized carbons (Fsp3) is 0.243. The van der Waals surface area contributed by atoms with Gasteiger partial charge in [0.25, 0.3) is 0 Å². The first-order valence-electron chi connectivity index (χ1n) is 14.5. The van der Waals surface area contributed by atoms with Crippen LogP contribution in [0.2, 0.25) is 0 Å². The number of hydrogen-bond acceptors (Lipinski definition) is 2. The molecule has 0 bridgehead atoms. The Balaban J connectivity index is 0.000000244. The molecule has 4 aromatic rings. The van der Waals surface area contributed by atoms with Crippen LogP contribution in [0, 0.1) is 47.0 Å². The van der Waals surface area contributed by atoms with Gasteiger partial charge >= 0.3 is 0 Å². The van der Waals surface area contributed by atoms with E-state index in [1.165, 1.54) is 24.8 Å². The standard InChI is InChI=1S/C21H23F2N.C16H12BrF2N/c1-3-5-6-7-15-8-10-18(17(4-2)12-15)11-9-16-13-19(22)21(24)20(23)14-16;1-2-11-9-13(17)6-5-12(11)4-3-10-7-14(18)16(20)15(19)8-10/h8,10,12-14H,3-7,24H2,1-2H3;5-9H,2,20H2,1H3. The van der Waals surface area contributed by atoms with E-state index >= 15 is 0 Å². The summed E-state index contributed by atoms with van der Waals surface area (Å²) in [5.41, 5.74) is 15.4. The smallest absolute Gasteiger partial charge is 0.150 e. The number of benzene rings is 4. The van der Waals surface area contributed by atoms with E-state index in [1.54, 1.807) is 0 Å². The zero-order valence-electron chi connectivity index (χ0n) is 25.1. The lowest BCUT2D eigenvalue weighted by Crippen LogP contribution is -1.96. The van der Waals surface area contributed by atoms with Crippen molar-refractivity contribution in [2.75, 3.05) is 11.5 Å². The minimum absolute atomic E-state index is 0.263. The van der Waals surface area contributed by atoms with E-state index < -0.39 is 34.6 Å². The Bertz CT molecular complexity index is 1700. The molecule has 7 heteroatoms. The summed E-state index contributed by atoms with van der Waals surface area (Å²) in [5.74, 6) is 8.42. The molecular formula is C37H35BrF4N2. The molecule has 0 fully saturated rings. The minimum atomic E-state index is -0.791. The molecule has 0 spiro atoms. The lowest BCUT2D eigenvalue weighted by Gasteiger charge is -2.06. The molecule has 228 valence electrons. The average Bonchev–Trinajstić information content (AvgIpc) is 3.01. The lowest BCUT2D eigenvalue weighted by molar-refractivity contribution is 0.590. The molecule has 0 aliphatic heterocycles. The second-order valence-electron chi connectivity index (χ2n) is 10.2. The molecule has 4 rings (SSSR count). The van der Waals surface area contributed by atoms with Gasteiger partial charge in [-0.15, -0.1) is 0 Å². The van der Waals surface area contributed by atoms with Gasteiger partial charge in [-0.05, 0) is 90.9 Å². The summed E-state index contributed by atoms with van der Waals surface area (Å²) in [6.07, 6.45) is 6.40. The van der Waals surface area contributed by atoms with Crippen LogP contribution in [-0.2, 0) is 19.3 Å². The van der Waals surface area contributed by atoms with Crippen molar-refractivity contribution in [3.05, 3.63) is 127 Å². The Morgan fingerprint density at radius 1 is 0.591 bits per heavy atom. The molecule has 44 heavy (non-hydrogen) atoms. The number of halogens is 5. The Hall–Kier alpha value is -4.20. The number of aryl methyl sites for hydroxylation is 3. The predicted molar refractivity (Wildman–Crippen MR) is 176 cm³/mol. The van der Waals surface area contributed by atoms with Gasteiger partial charge in [-0.3, -0.25) is 0 Å². The molecular weight excluding hydrogens is 628 g/mol. The maximum atomic E-state index is 13.5. The Kier molecular flexibility index (Phi) is 12.9. The van der Waals surface area contributed by atoms with Crippen molar-refractivity contribution in [3.63, 3.8) is 0 Å². The van der Waals surface area contributed by atoms with Crippen LogP contribution in [0.3, 0.4) is 0 Å². The summed E-state index contributed by atoms with van der Waals surface area (Å²) < 4.78 is 54.6. The van der Waals surface area contributed by atoms with E-state index in [-0.39, 0.29) is 11.1 Å². The summed E-state index contributed by atoms with van der Waals surface area (Å²) in [7, 11) is 0. The largest absolute Gasteiger partial charge is 0.394 e. The van der Waals surface area contributed by atoms with Crippen LogP contribution in [0.5, 0.6) is 0 Å². The van der Waals surface area contributed by atoms with E-state index in [4.69, 9.17) is 11.5 Å². The van der Waals surface area contributed by atoms with Gasteiger partial charge in [0.1, 0.15) is 34.6 Å². The number of rotatable bonds is 6. The van der Waals surface area contributed by atoms with E-state index in [0.717, 1.165) is 70.3 Å². The van der Waals surface area contributed by atoms with Crippen molar-refractivity contribution >= 4 is 27.3 Å². The van der Waals surface area contributed by atoms with Crippen LogP contribution >= 0.6 is 15.9 Å². The third-order valence-corrected chi connectivity index (χ3v) is 7.40. The third-order valence-electron chi connectivity index (χ3n) is 6.91. The molecule has 0 unspecified atom stereocenters. The molecule has 0 amide bonds. The van der Waals surface area contributed by atoms with Gasteiger partial charge in [0, 0.05) is 26.7 Å². The number of unbranched alkanes of at least 4 members (excludes halogenated alkanes) is 2. The molecule has 2 nitrogen and oxygen atoms in total. The van der Waals surface area contributed by atoms with E-state index in [1.807, 2.05) is 31.2 Å². The zero-order chi connectivity index (χ0) is 32.2. The van der Waals surface area contributed by atoms with Gasteiger partial charge in [-0.1, -0.05) is 85.4 Å². The van der Waals surface area contributed by atoms with Gasteiger partial charge < -0.3 is 11.5 Å². The highest BCUT2D eigenvalue weighted by Gasteiger charge is 2.08. The maximum absolute atomic E-state index is 13.5. The molecule has 0 saturated heterocycles. The Morgan fingerprint density at radius 3 is 1.50 bits per heavy atom. The van der Waals surface area contributed by atoms with Gasteiger partial charge in [0.15, 0.2) is 0 Å². The predicted octanol–water partition coefficient (Wildman–Crippen LogP) is 9.51. The third kappa shape index (κ3) is 9.66. The molecule has 0 atom stereocenters. The van der Waals surface area contributed by atoms with Crippen LogP contribution in [-0.4, -0.2) is 0 Å². The topological polar surface area (TPSA) is 52.0 Å². The van der Waals surface area contributed by atoms with E-state index in [0.29, 0.717) is 0 Å². The van der Waals surface area contributed by atoms with Crippen LogP contribution in [0.15, 0.2) is 65.1 Å². The Morgan fingerprint density at radius 2 is 1.05 bits per heavy atom. The van der Waals surface area contributed by atoms with E-state index in [2.05, 4.69) is 65.6 Å². The highest BCUT2D eigenvalue weighted by Crippen LogP contribution is 2.20. The molecule has 0 aromatic heterocycles. The maximum Gasteiger partial charge on any atom is 0.150 e. The molecule has 0 aliphatic carbocycles. The fourth-order valence-electron chi connectivity index (χ4n) is 4.36. The molecule has 0 heterocycles. The highest BCUT2D eigenvalue weighted by atomic mass is 79.9. The first-order valence-corrected chi connectivity index (χ1v) is 15.3. The lowest BCUT2D eigenvalue weighted by atomic mass is 9.98. The first-order chi connectivity index (χ1) is 21.1. The number of hydrogen-bond donors (Lipinski definition) is 2. The molecule has 0 aliphatic rings. The van der Waals surface area contributed by atoms with E-state index in [9.17, 15) is 17.6 Å². The molecule has 0 saturated carbocycles. The highest BCUT2D eigenvalue weighted by molar-refractivity contribution is 9.10. The van der Waals surface area contributed by atoms with Crippen LogP contribution < -0.4 is 11.5 Å². The molecule has 0 radical (unpaired) electrons. The summed E-state index contributed by atoms with van der Waals surface area (Å²) in [4.78, 5) is 0. The number of anilines is 2. The SMILES string of the molecule is CCCCCc1ccc(C#Cc2cc(F)c(N)c(F)c2)c(CC)c1.CCc1cc(Br)ccc1C#Cc1cc(F)c(N)c(F)c1. The summed E-state index contributed by atoms with van der Waals surface area (Å²) in [6, 6.07) is 16.6. The molecule has 4 N–H and O–H groups in total. The van der Waals surface area contributed by atoms with Crippen LogP contribution in [0.25, 0.3) is 0 Å². The molecule has 4 aromatic carbocycles. The quantitative estimate of drug-likeness (QED) is 0.0935. The first kappa shape index (κ1) is 34.3. The average molecular weight is 664 g/mol. The number of nitrogen functional groups attached to an aromatic ring is 2. The van der Waals surface area contributed by atoms with Crippen molar-refractivity contribution in [2.45, 2.75) is 59.3 Å². The summed E-state index contributed by atoms with van der Waals surface area (Å²) in [5, 5.41) is 0.